The van der Waals surface area contributed by atoms with E-state index in [-0.39, 0.29) is 11.8 Å². The highest BCUT2D eigenvalue weighted by Crippen LogP contribution is 2.36. The van der Waals surface area contributed by atoms with E-state index in [1.54, 1.807) is 43.3 Å². The van der Waals surface area contributed by atoms with Gasteiger partial charge in [-0.05, 0) is 30.9 Å². The van der Waals surface area contributed by atoms with Gasteiger partial charge < -0.3 is 19.5 Å². The molecule has 1 aliphatic rings. The largest absolute Gasteiger partial charge is 0.442 e. The molecule has 0 bridgehead atoms. The highest BCUT2D eigenvalue weighted by Gasteiger charge is 2.24. The van der Waals surface area contributed by atoms with Crippen LogP contribution in [-0.4, -0.2) is 53.9 Å². The summed E-state index contributed by atoms with van der Waals surface area (Å²) in [5.74, 6) is 0.901. The normalized spacial score (nSPS) is 15.2. The standard InChI is InChI=1S/C23H27N5O3S2/c1-13(10-17-14(2)31-15(3)25-17)24-21(30)18-12-19-22(32-18)26-23(33-19)28-8-6-16(7-9-28)11-20(29)27(4)5/h10,12,16H,1-2,6-9,11H2,3-5H3,(H,24,30)/b17-10+. The van der Waals surface area contributed by atoms with Crippen molar-refractivity contribution in [3.05, 3.63) is 39.9 Å². The Balaban J connectivity index is 1.37. The van der Waals surface area contributed by atoms with Gasteiger partial charge in [-0.25, -0.2) is 9.97 Å². The van der Waals surface area contributed by atoms with E-state index < -0.39 is 0 Å². The zero-order valence-electron chi connectivity index (χ0n) is 19.0. The van der Waals surface area contributed by atoms with Gasteiger partial charge in [0.05, 0.1) is 9.58 Å². The Kier molecular flexibility index (Phi) is 6.66. The van der Waals surface area contributed by atoms with E-state index in [1.807, 2.05) is 6.07 Å². The third kappa shape index (κ3) is 5.33. The van der Waals surface area contributed by atoms with Crippen LogP contribution in [0.15, 0.2) is 22.8 Å². The van der Waals surface area contributed by atoms with Crippen molar-refractivity contribution in [1.82, 2.24) is 20.2 Å². The first-order valence-electron chi connectivity index (χ1n) is 10.7. The molecular formula is C23H27N5O3S2. The quantitative estimate of drug-likeness (QED) is 0.577. The minimum Gasteiger partial charge on any atom is -0.442 e. The summed E-state index contributed by atoms with van der Waals surface area (Å²) in [5.41, 5.74) is 0.851. The van der Waals surface area contributed by atoms with Crippen LogP contribution in [0.2, 0.25) is 0 Å². The average Bonchev–Trinajstić information content (AvgIpc) is 3.41. The summed E-state index contributed by atoms with van der Waals surface area (Å²) in [5, 5.41) is 4.31. The van der Waals surface area contributed by atoms with E-state index in [9.17, 15) is 9.59 Å². The Labute approximate surface area is 199 Å². The lowest BCUT2D eigenvalue weighted by molar-refractivity contribution is -0.129. The number of allylic oxidation sites excluding steroid dienone is 1. The Morgan fingerprint density at radius 1 is 1.30 bits per heavy atom. The first-order chi connectivity index (χ1) is 15.7. The summed E-state index contributed by atoms with van der Waals surface area (Å²) in [4.78, 5) is 39.0. The van der Waals surface area contributed by atoms with Crippen molar-refractivity contribution in [2.75, 3.05) is 32.1 Å². The molecule has 0 aromatic carbocycles. The molecule has 0 aliphatic carbocycles. The first-order valence-corrected chi connectivity index (χ1v) is 12.3. The number of anilines is 1. The molecule has 4 heterocycles. The topological polar surface area (TPSA) is 91.6 Å². The molecule has 8 nitrogen and oxygen atoms in total. The Hall–Kier alpha value is -2.98. The lowest BCUT2D eigenvalue weighted by Gasteiger charge is -2.31. The number of amides is 2. The fourth-order valence-corrected chi connectivity index (χ4v) is 5.89. The van der Waals surface area contributed by atoms with Gasteiger partial charge in [0.1, 0.15) is 15.6 Å². The molecule has 1 saturated heterocycles. The number of carbonyl (C=O) groups excluding carboxylic acids is 2. The minimum atomic E-state index is -0.231. The maximum atomic E-state index is 12.7. The van der Waals surface area contributed by atoms with Crippen molar-refractivity contribution in [2.45, 2.75) is 26.2 Å². The van der Waals surface area contributed by atoms with Crippen molar-refractivity contribution < 1.29 is 14.0 Å². The number of hydrogen-bond acceptors (Lipinski definition) is 8. The summed E-state index contributed by atoms with van der Waals surface area (Å²) >= 11 is 2.96. The smallest absolute Gasteiger partial charge is 0.265 e. The number of hydrogen-bond donors (Lipinski definition) is 1. The molecular weight excluding hydrogens is 458 g/mol. The van der Waals surface area contributed by atoms with Crippen LogP contribution >= 0.6 is 22.7 Å². The molecule has 174 valence electrons. The van der Waals surface area contributed by atoms with Crippen LogP contribution in [0, 0.1) is 12.8 Å². The highest BCUT2D eigenvalue weighted by molar-refractivity contribution is 7.29. The van der Waals surface area contributed by atoms with Gasteiger partial charge in [-0.1, -0.05) is 24.5 Å². The van der Waals surface area contributed by atoms with Gasteiger partial charge in [-0.15, -0.1) is 11.3 Å². The molecule has 1 aliphatic heterocycles. The summed E-state index contributed by atoms with van der Waals surface area (Å²) in [6, 6.07) is 1.87. The third-order valence-corrected chi connectivity index (χ3v) is 7.79. The van der Waals surface area contributed by atoms with E-state index in [2.05, 4.69) is 28.4 Å². The van der Waals surface area contributed by atoms with Gasteiger partial charge >= 0.3 is 0 Å². The number of nitrogens with one attached hydrogen (secondary N) is 1. The number of thiazole rings is 1. The van der Waals surface area contributed by atoms with Crippen molar-refractivity contribution in [2.24, 2.45) is 5.92 Å². The molecule has 0 spiro atoms. The summed E-state index contributed by atoms with van der Waals surface area (Å²) in [7, 11) is 3.61. The number of nitrogens with zero attached hydrogens (tertiary/aromatic N) is 4. The summed E-state index contributed by atoms with van der Waals surface area (Å²) < 4.78 is 6.29. The van der Waals surface area contributed by atoms with Gasteiger partial charge in [-0.2, -0.15) is 0 Å². The molecule has 0 atom stereocenters. The molecule has 0 unspecified atom stereocenters. The molecule has 4 rings (SSSR count). The minimum absolute atomic E-state index is 0.192. The predicted octanol–water partition coefficient (Wildman–Crippen LogP) is 2.48. The number of piperidine rings is 1. The number of carbonyl (C=O) groups is 2. The number of aromatic nitrogens is 2. The van der Waals surface area contributed by atoms with Crippen LogP contribution in [0.25, 0.3) is 22.2 Å². The van der Waals surface area contributed by atoms with Gasteiger partial charge in [0.15, 0.2) is 11.0 Å². The van der Waals surface area contributed by atoms with E-state index in [0.29, 0.717) is 39.6 Å². The maximum Gasteiger partial charge on any atom is 0.265 e. The molecule has 1 N–H and O–H groups in total. The van der Waals surface area contributed by atoms with Gasteiger partial charge in [0.25, 0.3) is 5.91 Å². The Morgan fingerprint density at radius 3 is 2.64 bits per heavy atom. The second-order valence-electron chi connectivity index (χ2n) is 8.36. The fourth-order valence-electron chi connectivity index (χ4n) is 3.74. The second kappa shape index (κ2) is 9.48. The van der Waals surface area contributed by atoms with Crippen molar-refractivity contribution in [3.8, 4) is 0 Å². The molecule has 1 fully saturated rings. The van der Waals surface area contributed by atoms with Crippen molar-refractivity contribution >= 4 is 61.8 Å². The van der Waals surface area contributed by atoms with Crippen LogP contribution < -0.4 is 21.0 Å². The first kappa shape index (κ1) is 23.2. The SMILES string of the molecule is C=C(/C=c1/nc(C)oc1=C)NC(=O)c1cc2sc(N3CCC(CC(=O)N(C)C)CC3)nc2s1. The Bertz CT molecular complexity index is 1280. The highest BCUT2D eigenvalue weighted by atomic mass is 32.1. The molecule has 33 heavy (non-hydrogen) atoms. The average molecular weight is 486 g/mol. The monoisotopic (exact) mass is 485 g/mol. The van der Waals surface area contributed by atoms with Gasteiger partial charge in [0, 0.05) is 46.2 Å². The molecule has 0 saturated carbocycles. The second-order valence-corrected chi connectivity index (χ2v) is 10.4. The summed E-state index contributed by atoms with van der Waals surface area (Å²) in [6.45, 7) is 11.2. The molecule has 3 aromatic rings. The van der Waals surface area contributed by atoms with Crippen LogP contribution in [0.3, 0.4) is 0 Å². The Morgan fingerprint density at radius 2 is 2.03 bits per heavy atom. The lowest BCUT2D eigenvalue weighted by atomic mass is 9.93. The number of aryl methyl sites for hydroxylation is 1. The fraction of sp³-hybridized carbons (Fsp3) is 0.391. The number of thiophene rings is 1. The van der Waals surface area contributed by atoms with Crippen LogP contribution in [-0.2, 0) is 4.79 Å². The molecule has 3 aromatic heterocycles. The molecule has 2 amide bonds. The van der Waals surface area contributed by atoms with E-state index >= 15 is 0 Å². The van der Waals surface area contributed by atoms with E-state index in [1.165, 1.54) is 11.3 Å². The van der Waals surface area contributed by atoms with E-state index in [4.69, 9.17) is 9.40 Å². The number of rotatable bonds is 6. The van der Waals surface area contributed by atoms with Gasteiger partial charge in [0.2, 0.25) is 5.91 Å². The van der Waals surface area contributed by atoms with Crippen LogP contribution in [0.5, 0.6) is 0 Å². The van der Waals surface area contributed by atoms with Crippen molar-refractivity contribution in [1.29, 1.82) is 0 Å². The number of fused-ring (bicyclic) bond motifs is 1. The number of oxazole rings is 1. The zero-order chi connectivity index (χ0) is 23.7. The van der Waals surface area contributed by atoms with Crippen LogP contribution in [0.4, 0.5) is 5.13 Å². The maximum absolute atomic E-state index is 12.7. The predicted molar refractivity (Wildman–Crippen MR) is 133 cm³/mol. The molecule has 0 radical (unpaired) electrons. The van der Waals surface area contributed by atoms with Crippen molar-refractivity contribution in [3.63, 3.8) is 0 Å². The van der Waals surface area contributed by atoms with E-state index in [0.717, 1.165) is 40.6 Å². The zero-order valence-corrected chi connectivity index (χ0v) is 20.6. The third-order valence-electron chi connectivity index (χ3n) is 5.57. The lowest BCUT2D eigenvalue weighted by Crippen LogP contribution is -2.35. The molecule has 10 heteroatoms. The summed E-state index contributed by atoms with van der Waals surface area (Å²) in [6.07, 6.45) is 4.22. The van der Waals surface area contributed by atoms with Gasteiger partial charge in [-0.3, -0.25) is 9.59 Å². The van der Waals surface area contributed by atoms with Crippen LogP contribution in [0.1, 0.15) is 34.8 Å².